The highest BCUT2D eigenvalue weighted by Gasteiger charge is 2.43. The molecule has 0 spiro atoms. The molecule has 3 rings (SSSR count). The van der Waals surface area contributed by atoms with E-state index >= 15 is 0 Å². The predicted molar refractivity (Wildman–Crippen MR) is 241 cm³/mol. The van der Waals surface area contributed by atoms with Crippen molar-refractivity contribution in [1.82, 2.24) is 0 Å². The Morgan fingerprint density at radius 3 is 1.88 bits per heavy atom. The van der Waals surface area contributed by atoms with Crippen molar-refractivity contribution in [3.05, 3.63) is 60.2 Å². The minimum atomic E-state index is -3.49. The highest BCUT2D eigenvalue weighted by atomic mass is 32.2. The Kier molecular flexibility index (Phi) is 21.6. The molecular formula is C46H80O9SSi2. The van der Waals surface area contributed by atoms with Gasteiger partial charge in [0.05, 0.1) is 48.8 Å². The van der Waals surface area contributed by atoms with Gasteiger partial charge in [-0.05, 0) is 97.2 Å². The van der Waals surface area contributed by atoms with Crippen molar-refractivity contribution in [2.45, 2.75) is 173 Å². The fourth-order valence-corrected chi connectivity index (χ4v) is 16.3. The van der Waals surface area contributed by atoms with Crippen molar-refractivity contribution in [3.63, 3.8) is 0 Å². The molecule has 1 aliphatic heterocycles. The van der Waals surface area contributed by atoms with E-state index < -0.39 is 26.5 Å². The van der Waals surface area contributed by atoms with Gasteiger partial charge in [0.15, 0.2) is 32.8 Å². The second-order valence-corrected chi connectivity index (χ2v) is 28.5. The van der Waals surface area contributed by atoms with E-state index in [2.05, 4.69) is 69.2 Å². The van der Waals surface area contributed by atoms with Gasteiger partial charge in [-0.1, -0.05) is 99.6 Å². The van der Waals surface area contributed by atoms with E-state index in [9.17, 15) is 8.42 Å². The summed E-state index contributed by atoms with van der Waals surface area (Å²) in [5.41, 5.74) is 1.05. The van der Waals surface area contributed by atoms with Gasteiger partial charge in [-0.3, -0.25) is 0 Å². The van der Waals surface area contributed by atoms with Crippen LogP contribution in [0.2, 0.25) is 36.3 Å². The quantitative estimate of drug-likeness (QED) is 0.0450. The van der Waals surface area contributed by atoms with Crippen LogP contribution in [-0.4, -0.2) is 82.5 Å². The molecule has 2 aromatic carbocycles. The summed E-state index contributed by atoms with van der Waals surface area (Å²) in [4.78, 5) is 0.368. The van der Waals surface area contributed by atoms with Gasteiger partial charge in [0, 0.05) is 25.4 Å². The second kappa shape index (κ2) is 24.7. The topological polar surface area (TPSA) is 98.8 Å². The fraction of sp³-hybridized carbons (Fsp3) is 0.739. The molecule has 0 saturated carbocycles. The van der Waals surface area contributed by atoms with Crippen LogP contribution in [0.3, 0.4) is 0 Å². The normalized spacial score (nSPS) is 21.0. The zero-order valence-corrected chi connectivity index (χ0v) is 41.0. The standard InChI is InChI=1S/C46H80O9SSi2/c1-13-57(14-2,15-3)54-43(30-31-56(47,48)41-22-20-19-21-23-41)38(10)46(55-58(16-4,17-5)18-6)35(7)24-29-42(37(9)45-36(8)32-44(50-12)53-45)52-34-51-33-39-25-27-40(49-11)28-26-39/h19-23,25-28,35-38,42-46H,13-18,24,29-34H2,1-12H3/t35-,36+,37-,38+,42+,43-,44?,45+,46-/m0/s1. The lowest BCUT2D eigenvalue weighted by molar-refractivity contribution is -0.162. The molecule has 9 atom stereocenters. The number of hydrogen-bond donors (Lipinski definition) is 0. The van der Waals surface area contributed by atoms with Crippen molar-refractivity contribution in [2.24, 2.45) is 23.7 Å². The number of rotatable bonds is 29. The first-order valence-corrected chi connectivity index (χ1v) is 29.0. The first-order valence-electron chi connectivity index (χ1n) is 22.3. The van der Waals surface area contributed by atoms with Crippen LogP contribution < -0.4 is 4.74 Å². The van der Waals surface area contributed by atoms with Crippen molar-refractivity contribution in [3.8, 4) is 5.75 Å². The zero-order valence-electron chi connectivity index (χ0n) is 38.2. The molecule has 1 saturated heterocycles. The zero-order chi connectivity index (χ0) is 42.9. The van der Waals surface area contributed by atoms with Gasteiger partial charge in [0.1, 0.15) is 12.5 Å². The van der Waals surface area contributed by atoms with Gasteiger partial charge in [-0.25, -0.2) is 8.42 Å². The molecule has 1 aliphatic rings. The first-order chi connectivity index (χ1) is 27.7. The molecule has 0 aliphatic carbocycles. The lowest BCUT2D eigenvalue weighted by atomic mass is 9.82. The lowest BCUT2D eigenvalue weighted by Crippen LogP contribution is -2.50. The summed E-state index contributed by atoms with van der Waals surface area (Å²) in [7, 11) is -4.32. The predicted octanol–water partition coefficient (Wildman–Crippen LogP) is 11.3. The highest BCUT2D eigenvalue weighted by molar-refractivity contribution is 7.91. The first kappa shape index (κ1) is 50.7. The fourth-order valence-electron chi connectivity index (χ4n) is 8.92. The van der Waals surface area contributed by atoms with Crippen LogP contribution in [0, 0.1) is 23.7 Å². The maximum Gasteiger partial charge on any atom is 0.192 e. The molecule has 9 nitrogen and oxygen atoms in total. The Hall–Kier alpha value is -1.62. The van der Waals surface area contributed by atoms with E-state index in [0.717, 1.165) is 66.8 Å². The summed E-state index contributed by atoms with van der Waals surface area (Å²) in [5.74, 6) is 1.43. The third-order valence-electron chi connectivity index (χ3n) is 13.6. The summed E-state index contributed by atoms with van der Waals surface area (Å²) in [6.45, 7) is 23.2. The van der Waals surface area contributed by atoms with Crippen LogP contribution in [0.15, 0.2) is 59.5 Å². The molecule has 332 valence electrons. The molecule has 1 heterocycles. The summed E-state index contributed by atoms with van der Waals surface area (Å²) >= 11 is 0. The lowest BCUT2D eigenvalue weighted by Gasteiger charge is -2.44. The summed E-state index contributed by atoms with van der Waals surface area (Å²) in [6.07, 6.45) is 2.28. The Morgan fingerprint density at radius 2 is 1.34 bits per heavy atom. The van der Waals surface area contributed by atoms with Gasteiger partial charge in [-0.2, -0.15) is 0 Å². The summed E-state index contributed by atoms with van der Waals surface area (Å²) in [6, 6.07) is 22.8. The molecule has 0 amide bonds. The molecular weight excluding hydrogens is 785 g/mol. The Morgan fingerprint density at radius 1 is 0.759 bits per heavy atom. The van der Waals surface area contributed by atoms with E-state index in [1.165, 1.54) is 0 Å². The average molecular weight is 865 g/mol. The molecule has 0 bridgehead atoms. The van der Waals surface area contributed by atoms with E-state index in [4.69, 9.17) is 32.5 Å². The van der Waals surface area contributed by atoms with E-state index in [1.807, 2.05) is 30.3 Å². The molecule has 0 radical (unpaired) electrons. The van der Waals surface area contributed by atoms with Crippen molar-refractivity contribution < 1.29 is 41.0 Å². The number of hydrogen-bond acceptors (Lipinski definition) is 9. The smallest absolute Gasteiger partial charge is 0.192 e. The van der Waals surface area contributed by atoms with Gasteiger partial charge >= 0.3 is 0 Å². The Balaban J connectivity index is 1.92. The molecule has 1 fully saturated rings. The summed E-state index contributed by atoms with van der Waals surface area (Å²) in [5, 5.41) is 0. The minimum Gasteiger partial charge on any atom is -0.497 e. The largest absolute Gasteiger partial charge is 0.497 e. The number of sulfone groups is 1. The molecule has 2 aromatic rings. The van der Waals surface area contributed by atoms with Crippen LogP contribution in [0.25, 0.3) is 0 Å². The SMILES string of the molecule is CC[Si](CC)(CC)O[C@H]([C@H](C)[C@H](CCS(=O)(=O)c1ccccc1)O[Si](CC)(CC)CC)[C@@H](C)CC[C@@H](OCOCc1ccc(OC)cc1)[C@H](C)[C@@H]1OC(OC)C[C@H]1C. The van der Waals surface area contributed by atoms with Crippen LogP contribution in [0.4, 0.5) is 0 Å². The molecule has 0 N–H and O–H groups in total. The molecule has 12 heteroatoms. The van der Waals surface area contributed by atoms with Gasteiger partial charge in [-0.15, -0.1) is 0 Å². The molecule has 0 aromatic heterocycles. The molecule has 1 unspecified atom stereocenters. The Labute approximate surface area is 355 Å². The minimum absolute atomic E-state index is 0.00213. The van der Waals surface area contributed by atoms with E-state index in [1.54, 1.807) is 38.5 Å². The average Bonchev–Trinajstić information content (AvgIpc) is 3.64. The summed E-state index contributed by atoms with van der Waals surface area (Å²) < 4.78 is 72.4. The van der Waals surface area contributed by atoms with Crippen molar-refractivity contribution in [2.75, 3.05) is 26.8 Å². The Bertz CT molecular complexity index is 1500. The number of ether oxygens (including phenoxy) is 5. The highest BCUT2D eigenvalue weighted by Crippen LogP contribution is 2.39. The van der Waals surface area contributed by atoms with E-state index in [-0.39, 0.29) is 61.0 Å². The maximum atomic E-state index is 13.7. The van der Waals surface area contributed by atoms with Gasteiger partial charge < -0.3 is 32.5 Å². The second-order valence-electron chi connectivity index (χ2n) is 16.9. The van der Waals surface area contributed by atoms with E-state index in [0.29, 0.717) is 23.8 Å². The monoisotopic (exact) mass is 865 g/mol. The molecule has 58 heavy (non-hydrogen) atoms. The maximum absolute atomic E-state index is 13.7. The number of benzene rings is 2. The number of methoxy groups -OCH3 is 2. The van der Waals surface area contributed by atoms with Gasteiger partial charge in [0.25, 0.3) is 0 Å². The van der Waals surface area contributed by atoms with Crippen LogP contribution in [0.1, 0.15) is 100 Å². The van der Waals surface area contributed by atoms with Crippen molar-refractivity contribution in [1.29, 1.82) is 0 Å². The third kappa shape index (κ3) is 14.2. The van der Waals surface area contributed by atoms with Crippen molar-refractivity contribution >= 4 is 26.5 Å². The van der Waals surface area contributed by atoms with Crippen LogP contribution in [-0.2, 0) is 44.2 Å². The van der Waals surface area contributed by atoms with Gasteiger partial charge in [0.2, 0.25) is 0 Å². The van der Waals surface area contributed by atoms with Crippen LogP contribution in [0.5, 0.6) is 5.75 Å². The van der Waals surface area contributed by atoms with Crippen LogP contribution >= 0.6 is 0 Å². The third-order valence-corrected chi connectivity index (χ3v) is 24.7.